The summed E-state index contributed by atoms with van der Waals surface area (Å²) in [6, 6.07) is 10.3. The third-order valence-electron chi connectivity index (χ3n) is 4.48. The van der Waals surface area contributed by atoms with Crippen molar-refractivity contribution in [2.24, 2.45) is 0 Å². The van der Waals surface area contributed by atoms with E-state index in [1.807, 2.05) is 29.0 Å². The van der Waals surface area contributed by atoms with Crippen molar-refractivity contribution in [1.82, 2.24) is 19.7 Å². The van der Waals surface area contributed by atoms with E-state index in [2.05, 4.69) is 20.5 Å². The molecule has 30 heavy (non-hydrogen) atoms. The molecule has 0 fully saturated rings. The molecule has 1 aromatic carbocycles. The van der Waals surface area contributed by atoms with E-state index in [9.17, 15) is 9.18 Å². The zero-order valence-electron chi connectivity index (χ0n) is 16.0. The Bertz CT molecular complexity index is 1210. The van der Waals surface area contributed by atoms with Gasteiger partial charge in [-0.2, -0.15) is 5.10 Å². The number of aromatic nitrogens is 4. The van der Waals surface area contributed by atoms with Gasteiger partial charge in [-0.05, 0) is 48.3 Å². The van der Waals surface area contributed by atoms with E-state index < -0.39 is 0 Å². The summed E-state index contributed by atoms with van der Waals surface area (Å²) in [5, 5.41) is 12.5. The average molecular weight is 460 g/mol. The van der Waals surface area contributed by atoms with Gasteiger partial charge < -0.3 is 5.32 Å². The summed E-state index contributed by atoms with van der Waals surface area (Å²) in [5.41, 5.74) is 1.85. The van der Waals surface area contributed by atoms with E-state index in [0.717, 1.165) is 26.8 Å². The Hall–Kier alpha value is -2.69. The molecule has 0 aliphatic heterocycles. The van der Waals surface area contributed by atoms with Crippen molar-refractivity contribution in [1.29, 1.82) is 0 Å². The molecule has 4 rings (SSSR count). The van der Waals surface area contributed by atoms with Gasteiger partial charge in [-0.25, -0.2) is 9.37 Å². The van der Waals surface area contributed by atoms with Crippen molar-refractivity contribution in [2.75, 3.05) is 5.32 Å². The first-order valence-electron chi connectivity index (χ1n) is 9.19. The summed E-state index contributed by atoms with van der Waals surface area (Å²) in [6.45, 7) is 2.32. The lowest BCUT2D eigenvalue weighted by atomic mass is 10.1. The van der Waals surface area contributed by atoms with Gasteiger partial charge in [-0.15, -0.1) is 22.7 Å². The van der Waals surface area contributed by atoms with Crippen LogP contribution in [-0.2, 0) is 17.8 Å². The van der Waals surface area contributed by atoms with Crippen LogP contribution in [0.3, 0.4) is 0 Å². The van der Waals surface area contributed by atoms with Crippen molar-refractivity contribution >= 4 is 45.9 Å². The highest BCUT2D eigenvalue weighted by Gasteiger charge is 2.14. The molecule has 1 amide bonds. The molecule has 0 aliphatic rings. The number of carbonyl (C=O) groups is 1. The van der Waals surface area contributed by atoms with Crippen LogP contribution in [0.4, 0.5) is 9.52 Å². The zero-order chi connectivity index (χ0) is 21.1. The lowest BCUT2D eigenvalue weighted by molar-refractivity contribution is -0.116. The molecule has 0 unspecified atom stereocenters. The van der Waals surface area contributed by atoms with Crippen molar-refractivity contribution in [2.45, 2.75) is 26.3 Å². The molecule has 4 aromatic rings. The number of thiophene rings is 1. The number of rotatable bonds is 7. The average Bonchev–Trinajstić information content (AvgIpc) is 3.43. The van der Waals surface area contributed by atoms with E-state index in [4.69, 9.17) is 12.2 Å². The Kier molecular flexibility index (Phi) is 6.16. The highest BCUT2D eigenvalue weighted by atomic mass is 32.1. The van der Waals surface area contributed by atoms with Crippen molar-refractivity contribution in [3.05, 3.63) is 68.5 Å². The fourth-order valence-corrected chi connectivity index (χ4v) is 4.91. The predicted octanol–water partition coefficient (Wildman–Crippen LogP) is 5.19. The number of aryl methyl sites for hydroxylation is 1. The zero-order valence-corrected chi connectivity index (χ0v) is 18.5. The topological polar surface area (TPSA) is 75.6 Å². The molecule has 154 valence electrons. The third kappa shape index (κ3) is 4.72. The molecule has 6 nitrogen and oxygen atoms in total. The molecule has 0 radical (unpaired) electrons. The number of H-pyrrole nitrogens is 1. The maximum Gasteiger partial charge on any atom is 0.227 e. The fraction of sp³-hybridized carbons (Fsp3) is 0.200. The summed E-state index contributed by atoms with van der Waals surface area (Å²) < 4.78 is 15.4. The second-order valence-corrected chi connectivity index (χ2v) is 9.03. The molecule has 0 spiro atoms. The van der Waals surface area contributed by atoms with E-state index >= 15 is 0 Å². The highest BCUT2D eigenvalue weighted by Crippen LogP contribution is 2.26. The van der Waals surface area contributed by atoms with Crippen LogP contribution in [0.2, 0.25) is 0 Å². The Balaban J connectivity index is 1.39. The van der Waals surface area contributed by atoms with Gasteiger partial charge in [-0.1, -0.05) is 18.2 Å². The van der Waals surface area contributed by atoms with E-state index in [0.29, 0.717) is 22.9 Å². The number of nitrogens with one attached hydrogen (secondary N) is 2. The number of anilines is 1. The number of benzene rings is 1. The summed E-state index contributed by atoms with van der Waals surface area (Å²) >= 11 is 8.30. The van der Waals surface area contributed by atoms with Crippen molar-refractivity contribution < 1.29 is 9.18 Å². The number of aromatic amines is 1. The van der Waals surface area contributed by atoms with E-state index in [1.54, 1.807) is 23.5 Å². The molecule has 0 aliphatic carbocycles. The second kappa shape index (κ2) is 8.99. The van der Waals surface area contributed by atoms with Crippen LogP contribution in [0.1, 0.15) is 22.6 Å². The van der Waals surface area contributed by atoms with Crippen LogP contribution in [-0.4, -0.2) is 25.7 Å². The predicted molar refractivity (Wildman–Crippen MR) is 120 cm³/mol. The molecule has 0 saturated heterocycles. The first-order valence-corrected chi connectivity index (χ1v) is 11.3. The van der Waals surface area contributed by atoms with Gasteiger partial charge in [0.05, 0.1) is 10.6 Å². The minimum absolute atomic E-state index is 0.141. The summed E-state index contributed by atoms with van der Waals surface area (Å²) in [7, 11) is 0. The van der Waals surface area contributed by atoms with Crippen LogP contribution in [0.25, 0.3) is 10.7 Å². The largest absolute Gasteiger partial charge is 0.302 e. The van der Waals surface area contributed by atoms with Gasteiger partial charge in [0.25, 0.3) is 0 Å². The van der Waals surface area contributed by atoms with E-state index in [1.165, 1.54) is 23.5 Å². The molecular weight excluding hydrogens is 441 g/mol. The van der Waals surface area contributed by atoms with Crippen LogP contribution >= 0.6 is 34.9 Å². The number of hydrogen-bond donors (Lipinski definition) is 2. The molecule has 3 aromatic heterocycles. The van der Waals surface area contributed by atoms with Crippen molar-refractivity contribution in [3.63, 3.8) is 0 Å². The second-order valence-electron chi connectivity index (χ2n) is 6.61. The molecule has 2 N–H and O–H groups in total. The van der Waals surface area contributed by atoms with Gasteiger partial charge in [0.1, 0.15) is 5.82 Å². The Morgan fingerprint density at radius 3 is 2.83 bits per heavy atom. The minimum atomic E-state index is -0.257. The van der Waals surface area contributed by atoms with Gasteiger partial charge in [0, 0.05) is 24.3 Å². The normalized spacial score (nSPS) is 11.0. The number of hydrogen-bond acceptors (Lipinski definition) is 6. The van der Waals surface area contributed by atoms with Crippen LogP contribution in [0.15, 0.2) is 41.8 Å². The van der Waals surface area contributed by atoms with Gasteiger partial charge in [0.15, 0.2) is 15.7 Å². The number of nitrogens with zero attached hydrogens (tertiary/aromatic N) is 3. The smallest absolute Gasteiger partial charge is 0.227 e. The molecule has 0 atom stereocenters. The summed E-state index contributed by atoms with van der Waals surface area (Å²) in [5.74, 6) is 0.333. The quantitative estimate of drug-likeness (QED) is 0.373. The lowest BCUT2D eigenvalue weighted by Crippen LogP contribution is -2.14. The standard InChI is InChI=1S/C20H18FN5OS3/c1-12-16(11-13-4-6-14(21)7-5-13)30-19(22-12)23-17(27)8-9-26-18(24-25-20(26)28)15-3-2-10-29-15/h2-7,10H,8-9,11H2,1H3,(H,25,28)(H,22,23,27). The molecule has 0 saturated carbocycles. The SMILES string of the molecule is Cc1nc(NC(=O)CCn2c(-c3cccs3)n[nH]c2=S)sc1Cc1ccc(F)cc1. The Labute approximate surface area is 185 Å². The number of carbonyl (C=O) groups excluding carboxylic acids is 1. The van der Waals surface area contributed by atoms with Crippen molar-refractivity contribution in [3.8, 4) is 10.7 Å². The van der Waals surface area contributed by atoms with Crippen LogP contribution < -0.4 is 5.32 Å². The molecule has 0 bridgehead atoms. The first kappa shape index (κ1) is 20.6. The molecular formula is C20H18FN5OS3. The van der Waals surface area contributed by atoms with Gasteiger partial charge in [0.2, 0.25) is 5.91 Å². The maximum atomic E-state index is 13.1. The molecule has 3 heterocycles. The monoisotopic (exact) mass is 459 g/mol. The first-order chi connectivity index (χ1) is 14.5. The Morgan fingerprint density at radius 2 is 2.10 bits per heavy atom. The number of thiazole rings is 1. The van der Waals surface area contributed by atoms with Gasteiger partial charge in [-0.3, -0.25) is 14.5 Å². The number of amides is 1. The lowest BCUT2D eigenvalue weighted by Gasteiger charge is -2.05. The summed E-state index contributed by atoms with van der Waals surface area (Å²) in [6.07, 6.45) is 0.895. The van der Waals surface area contributed by atoms with Crippen LogP contribution in [0, 0.1) is 17.5 Å². The highest BCUT2D eigenvalue weighted by molar-refractivity contribution is 7.71. The van der Waals surface area contributed by atoms with Crippen LogP contribution in [0.5, 0.6) is 0 Å². The molecule has 10 heteroatoms. The third-order valence-corrected chi connectivity index (χ3v) is 6.73. The summed E-state index contributed by atoms with van der Waals surface area (Å²) in [4.78, 5) is 19.0. The van der Waals surface area contributed by atoms with E-state index in [-0.39, 0.29) is 18.1 Å². The minimum Gasteiger partial charge on any atom is -0.302 e. The van der Waals surface area contributed by atoms with Gasteiger partial charge >= 0.3 is 0 Å². The Morgan fingerprint density at radius 1 is 1.30 bits per heavy atom. The maximum absolute atomic E-state index is 13.1. The number of halogens is 1. The fourth-order valence-electron chi connectivity index (χ4n) is 2.95.